The number of benzene rings is 7. The molecule has 3 heterocycles. The summed E-state index contributed by atoms with van der Waals surface area (Å²) in [6, 6.07) is 57.2. The van der Waals surface area contributed by atoms with Gasteiger partial charge in [0.2, 0.25) is 0 Å². The number of rotatable bonds is 4. The molecule has 1 atom stereocenters. The fraction of sp³-hybridized carbons (Fsp3) is 0.0222. The van der Waals surface area contributed by atoms with Crippen LogP contribution in [0.15, 0.2) is 173 Å². The maximum Gasteiger partial charge on any atom is 0.145 e. The molecule has 0 aliphatic carbocycles. The lowest BCUT2D eigenvalue weighted by Gasteiger charge is -2.23. The number of hydrogen-bond donors (Lipinski definition) is 1. The highest BCUT2D eigenvalue weighted by Crippen LogP contribution is 2.46. The van der Waals surface area contributed by atoms with E-state index in [1.54, 1.807) is 0 Å². The molecule has 0 fully saturated rings. The van der Waals surface area contributed by atoms with Crippen LogP contribution in [0.25, 0.3) is 71.7 Å². The van der Waals surface area contributed by atoms with Gasteiger partial charge >= 0.3 is 0 Å². The van der Waals surface area contributed by atoms with E-state index in [4.69, 9.17) is 14.4 Å². The maximum atomic E-state index is 6.59. The van der Waals surface area contributed by atoms with E-state index in [-0.39, 0.29) is 6.17 Å². The summed E-state index contributed by atoms with van der Waals surface area (Å²) >= 11 is 0. The van der Waals surface area contributed by atoms with Gasteiger partial charge in [0.1, 0.15) is 17.3 Å². The van der Waals surface area contributed by atoms with E-state index in [1.165, 1.54) is 10.9 Å². The summed E-state index contributed by atoms with van der Waals surface area (Å²) in [5.41, 5.74) is 10.2. The molecule has 4 heteroatoms. The number of nitrogens with zero attached hydrogens (tertiary/aromatic N) is 2. The van der Waals surface area contributed by atoms with Crippen LogP contribution in [-0.2, 0) is 0 Å². The summed E-state index contributed by atoms with van der Waals surface area (Å²) in [6.07, 6.45) is -0.191. The number of hydrogen-bond acceptors (Lipinski definition) is 4. The third kappa shape index (κ3) is 4.45. The van der Waals surface area contributed by atoms with Crippen molar-refractivity contribution in [3.63, 3.8) is 0 Å². The van der Waals surface area contributed by atoms with Crippen LogP contribution < -0.4 is 15.9 Å². The zero-order valence-corrected chi connectivity index (χ0v) is 26.5. The average Bonchev–Trinajstić information content (AvgIpc) is 3.55. The molecule has 4 nitrogen and oxygen atoms in total. The highest BCUT2D eigenvalue weighted by atomic mass is 16.3. The van der Waals surface area contributed by atoms with E-state index < -0.39 is 0 Å². The topological polar surface area (TPSA) is 50.4 Å². The summed E-state index contributed by atoms with van der Waals surface area (Å²) in [4.78, 5) is 10.5. The Labute approximate surface area is 282 Å². The SMILES string of the molecule is c1ccc(-c2c3c(cc4c(-c5cccc(C6=c7ccccc7=NC(c7ccccc7)N6)c5)nc5ccccc5c24)oc2ccccc23)cc1. The summed E-state index contributed by atoms with van der Waals surface area (Å²) in [5, 5.41) is 11.4. The normalized spacial score (nSPS) is 14.2. The number of furan rings is 1. The monoisotopic (exact) mass is 627 g/mol. The highest BCUT2D eigenvalue weighted by Gasteiger charge is 2.22. The molecule has 230 valence electrons. The Hall–Kier alpha value is -6.52. The lowest BCUT2D eigenvalue weighted by Crippen LogP contribution is -2.39. The summed E-state index contributed by atoms with van der Waals surface area (Å²) in [6.45, 7) is 0. The van der Waals surface area contributed by atoms with Gasteiger partial charge in [0, 0.05) is 43.3 Å². The molecule has 0 bridgehead atoms. The molecule has 1 aliphatic rings. The lowest BCUT2D eigenvalue weighted by atomic mass is 9.89. The minimum atomic E-state index is -0.191. The first-order valence-corrected chi connectivity index (χ1v) is 16.6. The van der Waals surface area contributed by atoms with Crippen molar-refractivity contribution in [1.82, 2.24) is 10.3 Å². The molecule has 0 radical (unpaired) electrons. The molecule has 0 saturated carbocycles. The molecule has 1 aliphatic heterocycles. The van der Waals surface area contributed by atoms with Crippen molar-refractivity contribution in [1.29, 1.82) is 0 Å². The number of aromatic nitrogens is 1. The predicted molar refractivity (Wildman–Crippen MR) is 199 cm³/mol. The first-order chi connectivity index (χ1) is 24.3. The van der Waals surface area contributed by atoms with Crippen molar-refractivity contribution < 1.29 is 4.42 Å². The van der Waals surface area contributed by atoms with Crippen molar-refractivity contribution in [2.45, 2.75) is 6.17 Å². The second kappa shape index (κ2) is 11.0. The molecule has 0 spiro atoms. The molecule has 1 N–H and O–H groups in total. The lowest BCUT2D eigenvalue weighted by molar-refractivity contribution is 0.634. The molecule has 0 amide bonds. The molecule has 2 aromatic heterocycles. The van der Waals surface area contributed by atoms with Gasteiger partial charge in [0.05, 0.1) is 22.3 Å². The summed E-state index contributed by atoms with van der Waals surface area (Å²) < 4.78 is 6.59. The fourth-order valence-corrected chi connectivity index (χ4v) is 7.47. The number of nitrogens with one attached hydrogen (secondary N) is 1. The third-order valence-electron chi connectivity index (χ3n) is 9.65. The predicted octanol–water partition coefficient (Wildman–Crippen LogP) is 9.70. The largest absolute Gasteiger partial charge is 0.456 e. The Balaban J connectivity index is 1.27. The van der Waals surface area contributed by atoms with E-state index in [1.807, 2.05) is 12.1 Å². The van der Waals surface area contributed by atoms with Gasteiger partial charge < -0.3 is 9.73 Å². The Morgan fingerprint density at radius 2 is 1.20 bits per heavy atom. The van der Waals surface area contributed by atoms with E-state index in [2.05, 4.69) is 157 Å². The molecule has 9 aromatic rings. The summed E-state index contributed by atoms with van der Waals surface area (Å²) in [5.74, 6) is 0. The van der Waals surface area contributed by atoms with E-state index in [0.29, 0.717) is 0 Å². The second-order valence-corrected chi connectivity index (χ2v) is 12.5. The number of pyridine rings is 1. The van der Waals surface area contributed by atoms with Crippen molar-refractivity contribution in [3.8, 4) is 22.4 Å². The van der Waals surface area contributed by atoms with Crippen LogP contribution in [0.2, 0.25) is 0 Å². The van der Waals surface area contributed by atoms with Crippen LogP contribution in [0.4, 0.5) is 0 Å². The third-order valence-corrected chi connectivity index (χ3v) is 9.65. The Morgan fingerprint density at radius 1 is 0.510 bits per heavy atom. The second-order valence-electron chi connectivity index (χ2n) is 12.5. The van der Waals surface area contributed by atoms with Crippen LogP contribution in [0, 0.1) is 0 Å². The van der Waals surface area contributed by atoms with Crippen molar-refractivity contribution in [2.24, 2.45) is 4.99 Å². The van der Waals surface area contributed by atoms with E-state index in [9.17, 15) is 0 Å². The molecular formula is C45H29N3O. The van der Waals surface area contributed by atoms with Gasteiger partial charge in [0.15, 0.2) is 0 Å². The minimum Gasteiger partial charge on any atom is -0.456 e. The van der Waals surface area contributed by atoms with Gasteiger partial charge in [0.25, 0.3) is 0 Å². The zero-order valence-electron chi connectivity index (χ0n) is 26.5. The first kappa shape index (κ1) is 27.6. The van der Waals surface area contributed by atoms with Crippen LogP contribution in [0.3, 0.4) is 0 Å². The van der Waals surface area contributed by atoms with Gasteiger partial charge in [-0.15, -0.1) is 0 Å². The van der Waals surface area contributed by atoms with Crippen LogP contribution in [0.1, 0.15) is 17.3 Å². The minimum absolute atomic E-state index is 0.191. The fourth-order valence-electron chi connectivity index (χ4n) is 7.47. The van der Waals surface area contributed by atoms with E-state index >= 15 is 0 Å². The van der Waals surface area contributed by atoms with Crippen molar-refractivity contribution in [3.05, 3.63) is 185 Å². The smallest absolute Gasteiger partial charge is 0.145 e. The van der Waals surface area contributed by atoms with Crippen LogP contribution >= 0.6 is 0 Å². The van der Waals surface area contributed by atoms with Gasteiger partial charge in [-0.05, 0) is 47.0 Å². The molecule has 7 aromatic carbocycles. The Bertz CT molecular complexity index is 2860. The molecular weight excluding hydrogens is 599 g/mol. The Morgan fingerprint density at radius 3 is 2.08 bits per heavy atom. The highest BCUT2D eigenvalue weighted by molar-refractivity contribution is 6.27. The van der Waals surface area contributed by atoms with Crippen LogP contribution in [-0.4, -0.2) is 4.98 Å². The van der Waals surface area contributed by atoms with Gasteiger partial charge in [-0.25, -0.2) is 4.98 Å². The van der Waals surface area contributed by atoms with Gasteiger partial charge in [-0.2, -0.15) is 0 Å². The van der Waals surface area contributed by atoms with Crippen molar-refractivity contribution in [2.75, 3.05) is 0 Å². The first-order valence-electron chi connectivity index (χ1n) is 16.6. The maximum absolute atomic E-state index is 6.59. The molecule has 0 saturated heterocycles. The number of para-hydroxylation sites is 3. The van der Waals surface area contributed by atoms with Gasteiger partial charge in [-0.3, -0.25) is 4.99 Å². The Kier molecular flexibility index (Phi) is 6.21. The average molecular weight is 628 g/mol. The van der Waals surface area contributed by atoms with Crippen LogP contribution in [0.5, 0.6) is 0 Å². The summed E-state index contributed by atoms with van der Waals surface area (Å²) in [7, 11) is 0. The standard InChI is InChI=1S/C45H29N3O/c1-3-14-28(15-4-1)40-41-32-20-7-10-23-36(32)46-44(35(41)27-39-42(40)34-22-9-12-25-38(34)49-39)31-19-13-18-30(26-31)43-33-21-8-11-24-37(33)47-45(48-43)29-16-5-2-6-17-29/h1-27,45,48H. The molecule has 1 unspecified atom stereocenters. The quantitative estimate of drug-likeness (QED) is 0.198. The molecule has 10 rings (SSSR count). The van der Waals surface area contributed by atoms with Gasteiger partial charge in [-0.1, -0.05) is 133 Å². The number of fused-ring (bicyclic) bond motifs is 7. The molecule has 49 heavy (non-hydrogen) atoms. The zero-order chi connectivity index (χ0) is 32.3. The van der Waals surface area contributed by atoms with E-state index in [0.717, 1.165) is 82.4 Å². The van der Waals surface area contributed by atoms with Crippen molar-refractivity contribution >= 4 is 49.3 Å².